The average Bonchev–Trinajstić information content (AvgIpc) is 2.67. The molecule has 0 saturated heterocycles. The number of aliphatic carboxylic acids is 2. The van der Waals surface area contributed by atoms with Gasteiger partial charge in [-0.1, -0.05) is 96.8 Å². The first-order chi connectivity index (χ1) is 14.0. The summed E-state index contributed by atoms with van der Waals surface area (Å²) in [4.78, 5) is 33.1. The van der Waals surface area contributed by atoms with Crippen molar-refractivity contribution < 1.29 is 47.0 Å². The van der Waals surface area contributed by atoms with Gasteiger partial charge in [0.25, 0.3) is 0 Å². The summed E-state index contributed by atoms with van der Waals surface area (Å²) in [5.41, 5.74) is 0. The maximum absolute atomic E-state index is 11.8. The summed E-state index contributed by atoms with van der Waals surface area (Å²) in [6.45, 7) is 2.25. The minimum Gasteiger partial charge on any atom is -0.550 e. The van der Waals surface area contributed by atoms with Crippen molar-refractivity contribution in [3.8, 4) is 0 Å². The van der Waals surface area contributed by atoms with E-state index in [4.69, 9.17) is 0 Å². The third-order valence-corrected chi connectivity index (χ3v) is 5.26. The van der Waals surface area contributed by atoms with Crippen molar-refractivity contribution in [2.75, 3.05) is 0 Å². The second-order valence-electron chi connectivity index (χ2n) is 8.05. The minimum absolute atomic E-state index is 0. The zero-order chi connectivity index (χ0) is 21.7. The zero-order valence-corrected chi connectivity index (χ0v) is 20.1. The molecule has 179 valence electrons. The van der Waals surface area contributed by atoms with Crippen LogP contribution in [0.2, 0.25) is 0 Å². The Morgan fingerprint density at radius 3 is 1.43 bits per heavy atom. The second-order valence-corrected chi connectivity index (χ2v) is 8.05. The molecular weight excluding hydrogens is 478 g/mol. The molecule has 0 aliphatic heterocycles. The number of carbonyl (C=O) groups is 3. The van der Waals surface area contributed by atoms with Gasteiger partial charge in [-0.25, -0.2) is 0 Å². The molecule has 7 heteroatoms. The fourth-order valence-corrected chi connectivity index (χ4v) is 3.43. The van der Waals surface area contributed by atoms with Gasteiger partial charge in [-0.3, -0.25) is 4.79 Å². The van der Waals surface area contributed by atoms with Crippen molar-refractivity contribution in [1.82, 2.24) is 5.32 Å². The van der Waals surface area contributed by atoms with Crippen LogP contribution in [0.25, 0.3) is 0 Å². The van der Waals surface area contributed by atoms with Crippen molar-refractivity contribution >= 4 is 17.8 Å². The van der Waals surface area contributed by atoms with Crippen LogP contribution in [0.4, 0.5) is 0 Å². The van der Waals surface area contributed by atoms with E-state index in [-0.39, 0.29) is 41.1 Å². The fraction of sp³-hybridized carbons (Fsp3) is 0.870. The van der Waals surface area contributed by atoms with Gasteiger partial charge in [0.15, 0.2) is 0 Å². The van der Waals surface area contributed by atoms with Crippen LogP contribution < -0.4 is 15.5 Å². The molecule has 0 rings (SSSR count). The van der Waals surface area contributed by atoms with Crippen LogP contribution in [-0.2, 0) is 36.8 Å². The summed E-state index contributed by atoms with van der Waals surface area (Å²) in [6, 6.07) is -1.27. The number of amides is 1. The Morgan fingerprint density at radius 1 is 0.667 bits per heavy atom. The average molecular weight is 519 g/mol. The summed E-state index contributed by atoms with van der Waals surface area (Å²) >= 11 is 0. The molecule has 0 aliphatic carbocycles. The van der Waals surface area contributed by atoms with E-state index in [1.165, 1.54) is 77.0 Å². The maximum atomic E-state index is 11.8. The summed E-state index contributed by atoms with van der Waals surface area (Å²) in [5, 5.41) is 23.7. The van der Waals surface area contributed by atoms with E-state index >= 15 is 0 Å². The van der Waals surface area contributed by atoms with Crippen molar-refractivity contribution in [1.29, 1.82) is 0 Å². The first kappa shape index (κ1) is 31.3. The zero-order valence-electron chi connectivity index (χ0n) is 18.6. The number of nitrogens with one attached hydrogen (secondary N) is 1. The predicted molar refractivity (Wildman–Crippen MR) is 111 cm³/mol. The first-order valence-electron chi connectivity index (χ1n) is 11.7. The number of carbonyl (C=O) groups excluding carboxylic acids is 3. The number of rotatable bonds is 21. The fourth-order valence-electron chi connectivity index (χ4n) is 3.43. The summed E-state index contributed by atoms with van der Waals surface area (Å²) in [5.74, 6) is -3.17. The van der Waals surface area contributed by atoms with Crippen molar-refractivity contribution in [3.05, 3.63) is 0 Å². The van der Waals surface area contributed by atoms with Crippen LogP contribution in [0.1, 0.15) is 122 Å². The SMILES string of the molecule is CCCCCCCCCCCCCCCCCC(=O)N[C@@H](CCC(=O)[O-])C(=O)[O-].[Ag+2]. The molecule has 1 radical (unpaired) electrons. The van der Waals surface area contributed by atoms with E-state index in [0.29, 0.717) is 6.42 Å². The van der Waals surface area contributed by atoms with Crippen LogP contribution in [-0.4, -0.2) is 23.9 Å². The summed E-state index contributed by atoms with van der Waals surface area (Å²) in [7, 11) is 0. The smallest absolute Gasteiger partial charge is 0.550 e. The Hall–Kier alpha value is -0.850. The monoisotopic (exact) mass is 518 g/mol. The van der Waals surface area contributed by atoms with Crippen molar-refractivity contribution in [2.45, 2.75) is 129 Å². The molecule has 1 N–H and O–H groups in total. The molecule has 0 aromatic rings. The van der Waals surface area contributed by atoms with Gasteiger partial charge in [-0.15, -0.1) is 0 Å². The van der Waals surface area contributed by atoms with Crippen LogP contribution in [0.5, 0.6) is 0 Å². The Labute approximate surface area is 198 Å². The summed E-state index contributed by atoms with van der Waals surface area (Å²) in [6.07, 6.45) is 18.3. The van der Waals surface area contributed by atoms with E-state index in [9.17, 15) is 24.6 Å². The van der Waals surface area contributed by atoms with Crippen LogP contribution in [0, 0.1) is 0 Å². The summed E-state index contributed by atoms with van der Waals surface area (Å²) < 4.78 is 0. The van der Waals surface area contributed by atoms with Gasteiger partial charge in [0, 0.05) is 12.4 Å². The van der Waals surface area contributed by atoms with E-state index in [0.717, 1.165) is 12.8 Å². The molecule has 0 fully saturated rings. The number of unbranched alkanes of at least 4 members (excludes halogenated alkanes) is 14. The van der Waals surface area contributed by atoms with Gasteiger partial charge in [-0.2, -0.15) is 0 Å². The number of hydrogen-bond donors (Lipinski definition) is 1. The molecule has 0 heterocycles. The van der Waals surface area contributed by atoms with Crippen molar-refractivity contribution in [2.24, 2.45) is 0 Å². The largest absolute Gasteiger partial charge is 2.00 e. The van der Waals surface area contributed by atoms with Gasteiger partial charge in [0.2, 0.25) is 5.91 Å². The minimum atomic E-state index is -1.46. The van der Waals surface area contributed by atoms with Gasteiger partial charge in [-0.05, 0) is 19.3 Å². The van der Waals surface area contributed by atoms with Gasteiger partial charge < -0.3 is 25.1 Å². The molecule has 0 aliphatic rings. The van der Waals surface area contributed by atoms with Crippen LogP contribution in [0.15, 0.2) is 0 Å². The van der Waals surface area contributed by atoms with E-state index in [1.54, 1.807) is 0 Å². The van der Waals surface area contributed by atoms with E-state index in [2.05, 4.69) is 12.2 Å². The Morgan fingerprint density at radius 2 is 1.07 bits per heavy atom. The Balaban J connectivity index is 0. The standard InChI is InChI=1S/C23H43NO5.Ag/c1-2-3-4-5-6-7-8-9-10-11-12-13-14-15-16-17-21(25)24-20(23(28)29)18-19-22(26)27;/h20H,2-19H2,1H3,(H,24,25)(H,26,27)(H,28,29);/q;+2/p-2/t20-;/m0./s1. The second kappa shape index (κ2) is 22.8. The normalized spacial score (nSPS) is 11.5. The molecule has 1 amide bonds. The van der Waals surface area contributed by atoms with Crippen LogP contribution in [0.3, 0.4) is 0 Å². The molecule has 0 bridgehead atoms. The molecule has 0 unspecified atom stereocenters. The third-order valence-electron chi connectivity index (χ3n) is 5.26. The topological polar surface area (TPSA) is 109 Å². The quantitative estimate of drug-likeness (QED) is 0.185. The molecule has 1 atom stereocenters. The first-order valence-corrected chi connectivity index (χ1v) is 11.7. The number of hydrogen-bond acceptors (Lipinski definition) is 5. The van der Waals surface area contributed by atoms with Gasteiger partial charge in [0.05, 0.1) is 12.0 Å². The Kier molecular flexibility index (Phi) is 23.8. The predicted octanol–water partition coefficient (Wildman–Crippen LogP) is 3.01. The molecule has 6 nitrogen and oxygen atoms in total. The van der Waals surface area contributed by atoms with Crippen molar-refractivity contribution in [3.63, 3.8) is 0 Å². The molecule has 0 aromatic heterocycles. The molecule has 0 spiro atoms. The van der Waals surface area contributed by atoms with Crippen LogP contribution >= 0.6 is 0 Å². The van der Waals surface area contributed by atoms with Gasteiger partial charge in [0.1, 0.15) is 0 Å². The molecule has 30 heavy (non-hydrogen) atoms. The number of carboxylic acid groups (broad SMARTS) is 2. The van der Waals surface area contributed by atoms with E-state index < -0.39 is 24.4 Å². The maximum Gasteiger partial charge on any atom is 2.00 e. The van der Waals surface area contributed by atoms with Gasteiger partial charge >= 0.3 is 22.4 Å². The Bertz CT molecular complexity index is 445. The van der Waals surface area contributed by atoms with E-state index in [1.807, 2.05) is 0 Å². The molecule has 0 aromatic carbocycles. The molecule has 0 saturated carbocycles. The number of carboxylic acids is 2. The third kappa shape index (κ3) is 21.8. The molecular formula is C23H41AgNO5.